The zero-order valence-electron chi connectivity index (χ0n) is 13.2. The molecule has 1 aromatic rings. The average Bonchev–Trinajstić information content (AvgIpc) is 2.48. The summed E-state index contributed by atoms with van der Waals surface area (Å²) in [5.74, 6) is 0.631. The predicted molar refractivity (Wildman–Crippen MR) is 83.4 cm³/mol. The molecule has 1 N–H and O–H groups in total. The van der Waals surface area contributed by atoms with Gasteiger partial charge in [0.1, 0.15) is 11.6 Å². The first-order chi connectivity index (χ1) is 10.2. The molecule has 21 heavy (non-hydrogen) atoms. The first-order valence-electron chi connectivity index (χ1n) is 8.31. The number of nitrogens with one attached hydrogen (secondary N) is 1. The molecule has 0 amide bonds. The van der Waals surface area contributed by atoms with Gasteiger partial charge in [-0.25, -0.2) is 8.78 Å². The van der Waals surface area contributed by atoms with Crippen LogP contribution in [0.5, 0.6) is 0 Å². The molecular weight excluding hydrogens is 268 g/mol. The summed E-state index contributed by atoms with van der Waals surface area (Å²) in [6.07, 6.45) is 5.68. The predicted octanol–water partition coefficient (Wildman–Crippen LogP) is 4.87. The van der Waals surface area contributed by atoms with Gasteiger partial charge >= 0.3 is 0 Å². The Labute approximate surface area is 127 Å². The van der Waals surface area contributed by atoms with E-state index in [1.807, 2.05) is 0 Å². The summed E-state index contributed by atoms with van der Waals surface area (Å²) in [5, 5.41) is 3.38. The molecule has 2 rings (SSSR count). The lowest BCUT2D eigenvalue weighted by Gasteiger charge is -2.37. The molecule has 0 heterocycles. The third kappa shape index (κ3) is 4.26. The van der Waals surface area contributed by atoms with E-state index in [1.54, 1.807) is 0 Å². The molecule has 0 spiro atoms. The first kappa shape index (κ1) is 16.4. The molecule has 0 aliphatic heterocycles. The van der Waals surface area contributed by atoms with E-state index in [1.165, 1.54) is 37.5 Å². The lowest BCUT2D eigenvalue weighted by molar-refractivity contribution is 0.217. The minimum absolute atomic E-state index is 0.144. The van der Waals surface area contributed by atoms with Crippen LogP contribution in [0.15, 0.2) is 18.2 Å². The Morgan fingerprint density at radius 1 is 1.19 bits per heavy atom. The molecular formula is C18H27F2N. The minimum Gasteiger partial charge on any atom is -0.317 e. The third-order valence-corrected chi connectivity index (χ3v) is 4.81. The van der Waals surface area contributed by atoms with Gasteiger partial charge in [0.2, 0.25) is 0 Å². The number of halogens is 2. The fourth-order valence-corrected chi connectivity index (χ4v) is 3.74. The average molecular weight is 295 g/mol. The Balaban J connectivity index is 2.20. The Morgan fingerprint density at radius 3 is 2.71 bits per heavy atom. The topological polar surface area (TPSA) is 12.0 Å². The Bertz CT molecular complexity index is 447. The van der Waals surface area contributed by atoms with Crippen LogP contribution in [0.2, 0.25) is 0 Å². The van der Waals surface area contributed by atoms with Crippen molar-refractivity contribution < 1.29 is 8.78 Å². The third-order valence-electron chi connectivity index (χ3n) is 4.81. The molecule has 3 heteroatoms. The summed E-state index contributed by atoms with van der Waals surface area (Å²) < 4.78 is 27.7. The summed E-state index contributed by atoms with van der Waals surface area (Å²) >= 11 is 0. The summed E-state index contributed by atoms with van der Waals surface area (Å²) in [4.78, 5) is 0. The van der Waals surface area contributed by atoms with Crippen LogP contribution in [0.4, 0.5) is 8.78 Å². The molecule has 3 atom stereocenters. The van der Waals surface area contributed by atoms with E-state index in [0.29, 0.717) is 17.4 Å². The summed E-state index contributed by atoms with van der Waals surface area (Å²) in [5.41, 5.74) is 0.582. The fraction of sp³-hybridized carbons (Fsp3) is 0.667. The maximum absolute atomic E-state index is 14.2. The van der Waals surface area contributed by atoms with Crippen molar-refractivity contribution in [1.29, 1.82) is 0 Å². The van der Waals surface area contributed by atoms with Gasteiger partial charge in [-0.1, -0.05) is 33.1 Å². The number of benzene rings is 1. The van der Waals surface area contributed by atoms with Gasteiger partial charge in [-0.3, -0.25) is 0 Å². The van der Waals surface area contributed by atoms with E-state index in [-0.39, 0.29) is 17.6 Å². The van der Waals surface area contributed by atoms with E-state index < -0.39 is 0 Å². The van der Waals surface area contributed by atoms with Crippen LogP contribution in [0.1, 0.15) is 57.4 Å². The molecule has 0 radical (unpaired) electrons. The Morgan fingerprint density at radius 2 is 2.00 bits per heavy atom. The largest absolute Gasteiger partial charge is 0.317 e. The molecule has 1 saturated carbocycles. The molecule has 1 aromatic carbocycles. The highest BCUT2D eigenvalue weighted by Gasteiger charge is 2.32. The van der Waals surface area contributed by atoms with Gasteiger partial charge in [0.05, 0.1) is 0 Å². The van der Waals surface area contributed by atoms with Crippen molar-refractivity contribution in [2.45, 2.75) is 51.9 Å². The second-order valence-electron chi connectivity index (χ2n) is 6.31. The monoisotopic (exact) mass is 295 g/mol. The van der Waals surface area contributed by atoms with Crippen LogP contribution >= 0.6 is 0 Å². The van der Waals surface area contributed by atoms with Crippen LogP contribution in [0.25, 0.3) is 0 Å². The van der Waals surface area contributed by atoms with E-state index in [4.69, 9.17) is 0 Å². The molecule has 118 valence electrons. The van der Waals surface area contributed by atoms with Gasteiger partial charge < -0.3 is 5.32 Å². The van der Waals surface area contributed by atoms with Crippen molar-refractivity contribution in [2.75, 3.05) is 13.1 Å². The molecule has 1 aliphatic carbocycles. The summed E-state index contributed by atoms with van der Waals surface area (Å²) in [6, 6.07) is 3.90. The Kier molecular flexibility index (Phi) is 6.16. The number of hydrogen-bond donors (Lipinski definition) is 1. The van der Waals surface area contributed by atoms with E-state index in [0.717, 1.165) is 25.9 Å². The number of rotatable bonds is 6. The zero-order chi connectivity index (χ0) is 15.2. The zero-order valence-corrected chi connectivity index (χ0v) is 13.2. The molecule has 0 bridgehead atoms. The number of hydrogen-bond acceptors (Lipinski definition) is 1. The molecule has 3 unspecified atom stereocenters. The van der Waals surface area contributed by atoms with Gasteiger partial charge in [-0.15, -0.1) is 0 Å². The second kappa shape index (κ2) is 7.88. The smallest absolute Gasteiger partial charge is 0.126 e. The van der Waals surface area contributed by atoms with Gasteiger partial charge in [-0.05, 0) is 67.4 Å². The quantitative estimate of drug-likeness (QED) is 0.789. The van der Waals surface area contributed by atoms with E-state index in [2.05, 4.69) is 19.2 Å². The van der Waals surface area contributed by atoms with Crippen LogP contribution < -0.4 is 5.32 Å². The first-order valence-corrected chi connectivity index (χ1v) is 8.31. The highest BCUT2D eigenvalue weighted by Crippen LogP contribution is 2.42. The highest BCUT2D eigenvalue weighted by molar-refractivity contribution is 5.24. The lowest BCUT2D eigenvalue weighted by atomic mass is 9.70. The van der Waals surface area contributed by atoms with Gasteiger partial charge in [0, 0.05) is 0 Å². The van der Waals surface area contributed by atoms with E-state index in [9.17, 15) is 8.78 Å². The standard InChI is InChI=1S/C18H27F2N/c1-3-5-13-6-7-14(12-21-4-2)16(10-13)17-11-15(19)8-9-18(17)20/h8-9,11,13-14,16,21H,3-7,10,12H2,1-2H3. The fourth-order valence-electron chi connectivity index (χ4n) is 3.74. The normalized spacial score (nSPS) is 26.0. The molecule has 1 fully saturated rings. The van der Waals surface area contributed by atoms with Crippen LogP contribution in [-0.2, 0) is 0 Å². The van der Waals surface area contributed by atoms with Crippen molar-refractivity contribution in [1.82, 2.24) is 5.32 Å². The van der Waals surface area contributed by atoms with Gasteiger partial charge in [0.25, 0.3) is 0 Å². The summed E-state index contributed by atoms with van der Waals surface area (Å²) in [7, 11) is 0. The molecule has 1 aliphatic rings. The molecule has 0 aromatic heterocycles. The van der Waals surface area contributed by atoms with Crippen molar-refractivity contribution in [3.05, 3.63) is 35.4 Å². The second-order valence-corrected chi connectivity index (χ2v) is 6.31. The molecule has 0 saturated heterocycles. The van der Waals surface area contributed by atoms with Crippen LogP contribution in [0, 0.1) is 23.5 Å². The maximum atomic E-state index is 14.2. The van der Waals surface area contributed by atoms with Crippen molar-refractivity contribution >= 4 is 0 Å². The van der Waals surface area contributed by atoms with E-state index >= 15 is 0 Å². The van der Waals surface area contributed by atoms with Crippen molar-refractivity contribution in [2.24, 2.45) is 11.8 Å². The minimum atomic E-state index is -0.328. The summed E-state index contributed by atoms with van der Waals surface area (Å²) in [6.45, 7) is 6.10. The van der Waals surface area contributed by atoms with Gasteiger partial charge in [-0.2, -0.15) is 0 Å². The lowest BCUT2D eigenvalue weighted by Crippen LogP contribution is -2.32. The maximum Gasteiger partial charge on any atom is 0.126 e. The van der Waals surface area contributed by atoms with Crippen molar-refractivity contribution in [3.63, 3.8) is 0 Å². The SMILES string of the molecule is CCCC1CCC(CNCC)C(c2cc(F)ccc2F)C1. The van der Waals surface area contributed by atoms with Crippen LogP contribution in [-0.4, -0.2) is 13.1 Å². The van der Waals surface area contributed by atoms with Gasteiger partial charge in [0.15, 0.2) is 0 Å². The van der Waals surface area contributed by atoms with Crippen LogP contribution in [0.3, 0.4) is 0 Å². The molecule has 1 nitrogen and oxygen atoms in total. The van der Waals surface area contributed by atoms with Crippen molar-refractivity contribution in [3.8, 4) is 0 Å². The Hall–Kier alpha value is -0.960. The highest BCUT2D eigenvalue weighted by atomic mass is 19.1.